The van der Waals surface area contributed by atoms with E-state index in [9.17, 15) is 0 Å². The first-order valence-electron chi connectivity index (χ1n) is 4.56. The lowest BCUT2D eigenvalue weighted by Gasteiger charge is -1.96. The third-order valence-corrected chi connectivity index (χ3v) is 3.14. The Morgan fingerprint density at radius 2 is 2.13 bits per heavy atom. The summed E-state index contributed by atoms with van der Waals surface area (Å²) in [6, 6.07) is 3.94. The van der Waals surface area contributed by atoms with Gasteiger partial charge < -0.3 is 5.32 Å². The van der Waals surface area contributed by atoms with Gasteiger partial charge in [0, 0.05) is 19.4 Å². The molecule has 0 aromatic carbocycles. The zero-order valence-corrected chi connectivity index (χ0v) is 9.21. The van der Waals surface area contributed by atoms with Crippen LogP contribution in [0.4, 0.5) is 5.13 Å². The van der Waals surface area contributed by atoms with E-state index in [2.05, 4.69) is 21.9 Å². The first kappa shape index (κ1) is 9.86. The molecule has 0 unspecified atom stereocenters. The summed E-state index contributed by atoms with van der Waals surface area (Å²) in [5.41, 5.74) is 2.04. The van der Waals surface area contributed by atoms with E-state index in [1.807, 2.05) is 19.2 Å². The second-order valence-electron chi connectivity index (χ2n) is 2.92. The summed E-state index contributed by atoms with van der Waals surface area (Å²) in [4.78, 5) is 9.51. The molecule has 0 fully saturated rings. The minimum Gasteiger partial charge on any atom is -0.365 e. The first-order valence-corrected chi connectivity index (χ1v) is 5.38. The molecule has 0 aliphatic carbocycles. The average Bonchev–Trinajstić information content (AvgIpc) is 2.73. The van der Waals surface area contributed by atoms with Crippen LogP contribution < -0.4 is 5.32 Å². The molecule has 0 spiro atoms. The monoisotopic (exact) mass is 217 g/mol. The third-order valence-electron chi connectivity index (χ3n) is 2.00. The summed E-state index contributed by atoms with van der Waals surface area (Å²) in [5.74, 6) is 0. The quantitative estimate of drug-likeness (QED) is 0.859. The van der Waals surface area contributed by atoms with Crippen LogP contribution in [-0.4, -0.2) is 17.0 Å². The van der Waals surface area contributed by atoms with Gasteiger partial charge in [-0.15, -0.1) is 0 Å². The van der Waals surface area contributed by atoms with Crippen LogP contribution in [0.2, 0.25) is 0 Å². The average molecular weight is 217 g/mol. The van der Waals surface area contributed by atoms with Crippen LogP contribution in [0.15, 0.2) is 31.1 Å². The van der Waals surface area contributed by atoms with E-state index < -0.39 is 0 Å². The largest absolute Gasteiger partial charge is 0.365 e. The van der Waals surface area contributed by atoms with E-state index in [1.54, 1.807) is 29.8 Å². The van der Waals surface area contributed by atoms with Gasteiger partial charge in [-0.2, -0.15) is 0 Å². The van der Waals surface area contributed by atoms with Gasteiger partial charge >= 0.3 is 0 Å². The van der Waals surface area contributed by atoms with Crippen molar-refractivity contribution in [1.29, 1.82) is 0 Å². The minimum absolute atomic E-state index is 0.900. The topological polar surface area (TPSA) is 37.8 Å². The van der Waals surface area contributed by atoms with Crippen LogP contribution in [0.5, 0.6) is 0 Å². The normalized spacial score (nSPS) is 9.93. The molecular weight excluding hydrogens is 206 g/mol. The Bertz CT molecular complexity index is 462. The van der Waals surface area contributed by atoms with Crippen molar-refractivity contribution in [3.8, 4) is 10.4 Å². The maximum atomic E-state index is 4.39. The molecule has 0 bridgehead atoms. The molecule has 76 valence electrons. The van der Waals surface area contributed by atoms with Gasteiger partial charge in [0.05, 0.1) is 10.6 Å². The van der Waals surface area contributed by atoms with Crippen molar-refractivity contribution in [3.63, 3.8) is 0 Å². The lowest BCUT2D eigenvalue weighted by molar-refractivity contribution is 1.32. The second-order valence-corrected chi connectivity index (χ2v) is 3.92. The number of hydrogen-bond acceptors (Lipinski definition) is 4. The Labute approximate surface area is 92.5 Å². The number of thiazole rings is 1. The molecule has 0 aliphatic rings. The number of pyridine rings is 1. The van der Waals surface area contributed by atoms with Crippen molar-refractivity contribution in [2.75, 3.05) is 12.4 Å². The molecule has 1 N–H and O–H groups in total. The molecule has 3 nitrogen and oxygen atoms in total. The van der Waals surface area contributed by atoms with Crippen LogP contribution in [0, 0.1) is 0 Å². The highest BCUT2D eigenvalue weighted by molar-refractivity contribution is 7.19. The number of hydrogen-bond donors (Lipinski definition) is 1. The van der Waals surface area contributed by atoms with Gasteiger partial charge in [0.25, 0.3) is 0 Å². The van der Waals surface area contributed by atoms with E-state index in [1.165, 1.54) is 0 Å². The van der Waals surface area contributed by atoms with Crippen molar-refractivity contribution in [3.05, 3.63) is 36.8 Å². The molecule has 2 heterocycles. The number of nitrogens with zero attached hydrogens (tertiary/aromatic N) is 2. The van der Waals surface area contributed by atoms with E-state index >= 15 is 0 Å². The predicted molar refractivity (Wildman–Crippen MR) is 65.0 cm³/mol. The molecule has 15 heavy (non-hydrogen) atoms. The van der Waals surface area contributed by atoms with Gasteiger partial charge in [-0.05, 0) is 23.8 Å². The van der Waals surface area contributed by atoms with Crippen LogP contribution in [-0.2, 0) is 0 Å². The molecule has 0 atom stereocenters. The maximum Gasteiger partial charge on any atom is 0.183 e. The van der Waals surface area contributed by atoms with Crippen molar-refractivity contribution in [1.82, 2.24) is 9.97 Å². The molecule has 0 saturated carbocycles. The van der Waals surface area contributed by atoms with Gasteiger partial charge in [-0.3, -0.25) is 4.98 Å². The molecule has 2 rings (SSSR count). The number of rotatable bonds is 3. The van der Waals surface area contributed by atoms with E-state index in [0.29, 0.717) is 0 Å². The van der Waals surface area contributed by atoms with Crippen molar-refractivity contribution < 1.29 is 0 Å². The fraction of sp³-hybridized carbons (Fsp3) is 0.0909. The third kappa shape index (κ3) is 1.89. The Hall–Kier alpha value is -1.68. The van der Waals surface area contributed by atoms with Crippen LogP contribution >= 0.6 is 11.3 Å². The second kappa shape index (κ2) is 4.23. The van der Waals surface area contributed by atoms with E-state index in [4.69, 9.17) is 0 Å². The molecule has 0 aliphatic heterocycles. The van der Waals surface area contributed by atoms with Crippen LogP contribution in [0.3, 0.4) is 0 Å². The van der Waals surface area contributed by atoms with E-state index in [-0.39, 0.29) is 0 Å². The van der Waals surface area contributed by atoms with Gasteiger partial charge in [-0.25, -0.2) is 4.98 Å². The number of anilines is 1. The summed E-state index contributed by atoms with van der Waals surface area (Å²) < 4.78 is 0. The summed E-state index contributed by atoms with van der Waals surface area (Å²) in [7, 11) is 1.86. The van der Waals surface area contributed by atoms with Crippen molar-refractivity contribution in [2.45, 2.75) is 0 Å². The zero-order valence-electron chi connectivity index (χ0n) is 8.40. The smallest absolute Gasteiger partial charge is 0.183 e. The summed E-state index contributed by atoms with van der Waals surface area (Å²) in [5, 5.41) is 3.94. The SMILES string of the molecule is C=Cc1nc(NC)sc1-c1ccncc1. The van der Waals surface area contributed by atoms with Gasteiger partial charge in [0.1, 0.15) is 0 Å². The van der Waals surface area contributed by atoms with Crippen LogP contribution in [0.25, 0.3) is 16.5 Å². The minimum atomic E-state index is 0.900. The first-order chi connectivity index (χ1) is 7.35. The Balaban J connectivity index is 2.52. The molecule has 2 aromatic rings. The highest BCUT2D eigenvalue weighted by Crippen LogP contribution is 2.32. The summed E-state index contributed by atoms with van der Waals surface area (Å²) in [6.45, 7) is 3.77. The summed E-state index contributed by atoms with van der Waals surface area (Å²) >= 11 is 1.62. The Kier molecular flexibility index (Phi) is 2.78. The fourth-order valence-electron chi connectivity index (χ4n) is 1.29. The standard InChI is InChI=1S/C11H11N3S/c1-3-9-10(15-11(12-2)14-9)8-4-6-13-7-5-8/h3-7H,1H2,2H3,(H,12,14). The van der Waals surface area contributed by atoms with Gasteiger partial charge in [0.15, 0.2) is 5.13 Å². The molecule has 2 aromatic heterocycles. The molecule has 0 radical (unpaired) electrons. The molecule has 0 saturated heterocycles. The highest BCUT2D eigenvalue weighted by Gasteiger charge is 2.09. The molecule has 0 amide bonds. The zero-order chi connectivity index (χ0) is 10.7. The van der Waals surface area contributed by atoms with E-state index in [0.717, 1.165) is 21.3 Å². The number of nitrogens with one attached hydrogen (secondary N) is 1. The van der Waals surface area contributed by atoms with Crippen molar-refractivity contribution >= 4 is 22.5 Å². The van der Waals surface area contributed by atoms with Gasteiger partial charge in [-0.1, -0.05) is 17.9 Å². The highest BCUT2D eigenvalue weighted by atomic mass is 32.1. The van der Waals surface area contributed by atoms with Crippen LogP contribution in [0.1, 0.15) is 5.69 Å². The lowest BCUT2D eigenvalue weighted by Crippen LogP contribution is -1.85. The maximum absolute atomic E-state index is 4.39. The summed E-state index contributed by atoms with van der Waals surface area (Å²) in [6.07, 6.45) is 5.33. The predicted octanol–water partition coefficient (Wildman–Crippen LogP) is 2.89. The molecular formula is C11H11N3S. The molecule has 4 heteroatoms. The van der Waals surface area contributed by atoms with Crippen molar-refractivity contribution in [2.24, 2.45) is 0 Å². The lowest BCUT2D eigenvalue weighted by atomic mass is 10.2. The van der Waals surface area contributed by atoms with Gasteiger partial charge in [0.2, 0.25) is 0 Å². The number of aromatic nitrogens is 2. The fourth-order valence-corrected chi connectivity index (χ4v) is 2.21. The Morgan fingerprint density at radius 1 is 1.40 bits per heavy atom. The Morgan fingerprint density at radius 3 is 2.73 bits per heavy atom.